The standard InChI is InChI=1S/C55H109NO8/c1-3-5-7-9-11-13-15-17-19-21-22-23-24-25-26-27-29-30-32-34-36-38-40-42-44-49(58)48(47-63-55-54(62)53(61)52(60)50(46-57)64-55)56-51(59)45-43-41-39-37-35-33-31-28-20-18-16-14-12-10-8-6-4-2/h48-50,52-55,57-58,60-62H,3-47H2,1-2H3,(H,56,59). The molecule has 1 saturated heterocycles. The lowest BCUT2D eigenvalue weighted by molar-refractivity contribution is -0.302. The van der Waals surface area contributed by atoms with Gasteiger partial charge in [0.15, 0.2) is 6.29 Å². The summed E-state index contributed by atoms with van der Waals surface area (Å²) in [7, 11) is 0. The first-order valence-electron chi connectivity index (χ1n) is 28.2. The molecule has 1 heterocycles. The molecule has 0 aromatic rings. The number of carbonyl (C=O) groups excluding carboxylic acids is 1. The fourth-order valence-electron chi connectivity index (χ4n) is 9.46. The number of hydrogen-bond acceptors (Lipinski definition) is 8. The van der Waals surface area contributed by atoms with Gasteiger partial charge in [-0.1, -0.05) is 271 Å². The Balaban J connectivity index is 2.19. The van der Waals surface area contributed by atoms with Crippen molar-refractivity contribution in [2.75, 3.05) is 13.2 Å². The number of ether oxygens (including phenoxy) is 2. The number of hydrogen-bond donors (Lipinski definition) is 6. The minimum absolute atomic E-state index is 0.131. The van der Waals surface area contributed by atoms with Crippen LogP contribution in [0.5, 0.6) is 0 Å². The average Bonchev–Trinajstić information content (AvgIpc) is 3.29. The zero-order valence-corrected chi connectivity index (χ0v) is 42.3. The second-order valence-electron chi connectivity index (χ2n) is 20.1. The van der Waals surface area contributed by atoms with Gasteiger partial charge in [0.2, 0.25) is 5.91 Å². The van der Waals surface area contributed by atoms with E-state index in [1.807, 2.05) is 0 Å². The van der Waals surface area contributed by atoms with E-state index in [0.29, 0.717) is 12.8 Å². The fourth-order valence-corrected chi connectivity index (χ4v) is 9.46. The fraction of sp³-hybridized carbons (Fsp3) is 0.982. The van der Waals surface area contributed by atoms with Crippen LogP contribution < -0.4 is 5.32 Å². The maximum atomic E-state index is 13.0. The van der Waals surface area contributed by atoms with Gasteiger partial charge < -0.3 is 40.3 Å². The highest BCUT2D eigenvalue weighted by Gasteiger charge is 2.44. The van der Waals surface area contributed by atoms with Gasteiger partial charge in [0.05, 0.1) is 25.4 Å². The van der Waals surface area contributed by atoms with Crippen molar-refractivity contribution in [1.82, 2.24) is 5.32 Å². The molecule has 1 amide bonds. The molecule has 9 heteroatoms. The Bertz CT molecular complexity index is 970. The molecule has 6 N–H and O–H groups in total. The number of unbranched alkanes of at least 4 members (excludes halogenated alkanes) is 39. The van der Waals surface area contributed by atoms with Crippen LogP contribution in [0.1, 0.15) is 290 Å². The first-order chi connectivity index (χ1) is 31.3. The molecule has 7 atom stereocenters. The lowest BCUT2D eigenvalue weighted by Gasteiger charge is -2.40. The Morgan fingerprint density at radius 2 is 0.781 bits per heavy atom. The lowest BCUT2D eigenvalue weighted by Crippen LogP contribution is -2.60. The molecule has 7 unspecified atom stereocenters. The number of aliphatic hydroxyl groups is 5. The van der Waals surface area contributed by atoms with Crippen LogP contribution in [0, 0.1) is 0 Å². The highest BCUT2D eigenvalue weighted by molar-refractivity contribution is 5.76. The van der Waals surface area contributed by atoms with E-state index in [1.165, 1.54) is 225 Å². The molecule has 64 heavy (non-hydrogen) atoms. The topological polar surface area (TPSA) is 149 Å². The molecular formula is C55H109NO8. The molecule has 1 aliphatic heterocycles. The van der Waals surface area contributed by atoms with Crippen LogP contribution in [-0.4, -0.2) is 87.5 Å². The van der Waals surface area contributed by atoms with E-state index < -0.39 is 49.5 Å². The molecule has 0 bridgehead atoms. The molecular weight excluding hydrogens is 803 g/mol. The Morgan fingerprint density at radius 3 is 1.11 bits per heavy atom. The molecule has 0 aliphatic carbocycles. The summed E-state index contributed by atoms with van der Waals surface area (Å²) in [4.78, 5) is 13.0. The summed E-state index contributed by atoms with van der Waals surface area (Å²) in [6.45, 7) is 3.88. The second kappa shape index (κ2) is 45.9. The summed E-state index contributed by atoms with van der Waals surface area (Å²) in [5.74, 6) is -0.137. The van der Waals surface area contributed by atoms with Gasteiger partial charge in [-0.25, -0.2) is 0 Å². The van der Waals surface area contributed by atoms with Gasteiger partial charge in [-0.15, -0.1) is 0 Å². The van der Waals surface area contributed by atoms with Crippen molar-refractivity contribution in [3.8, 4) is 0 Å². The van der Waals surface area contributed by atoms with Crippen LogP contribution >= 0.6 is 0 Å². The molecule has 0 aromatic heterocycles. The molecule has 0 spiro atoms. The van der Waals surface area contributed by atoms with Crippen molar-refractivity contribution >= 4 is 5.91 Å². The van der Waals surface area contributed by atoms with Crippen molar-refractivity contribution in [2.45, 2.75) is 333 Å². The van der Waals surface area contributed by atoms with E-state index in [1.54, 1.807) is 0 Å². The van der Waals surface area contributed by atoms with E-state index in [-0.39, 0.29) is 12.5 Å². The third-order valence-corrected chi connectivity index (χ3v) is 14.0. The average molecular weight is 912 g/mol. The summed E-state index contributed by atoms with van der Waals surface area (Å²) in [6.07, 6.45) is 47.0. The predicted octanol–water partition coefficient (Wildman–Crippen LogP) is 13.5. The van der Waals surface area contributed by atoms with Crippen molar-refractivity contribution in [2.24, 2.45) is 0 Å². The zero-order valence-electron chi connectivity index (χ0n) is 42.3. The Morgan fingerprint density at radius 1 is 0.469 bits per heavy atom. The van der Waals surface area contributed by atoms with Crippen LogP contribution in [0.2, 0.25) is 0 Å². The van der Waals surface area contributed by atoms with Gasteiger partial charge in [0, 0.05) is 6.42 Å². The largest absolute Gasteiger partial charge is 0.394 e. The Kier molecular flexibility index (Phi) is 43.9. The van der Waals surface area contributed by atoms with E-state index >= 15 is 0 Å². The van der Waals surface area contributed by atoms with Crippen molar-refractivity contribution in [3.05, 3.63) is 0 Å². The minimum Gasteiger partial charge on any atom is -0.394 e. The Hall–Kier alpha value is -0.810. The van der Waals surface area contributed by atoms with Crippen LogP contribution in [0.3, 0.4) is 0 Å². The quantitative estimate of drug-likeness (QED) is 0.0331. The molecule has 9 nitrogen and oxygen atoms in total. The third-order valence-electron chi connectivity index (χ3n) is 14.0. The number of amides is 1. The molecule has 1 rings (SSSR count). The molecule has 0 radical (unpaired) electrons. The second-order valence-corrected chi connectivity index (χ2v) is 20.1. The molecule has 382 valence electrons. The highest BCUT2D eigenvalue weighted by atomic mass is 16.7. The first-order valence-corrected chi connectivity index (χ1v) is 28.2. The van der Waals surface area contributed by atoms with Crippen molar-refractivity contribution in [3.63, 3.8) is 0 Å². The number of aliphatic hydroxyl groups excluding tert-OH is 5. The van der Waals surface area contributed by atoms with Gasteiger partial charge in [-0.3, -0.25) is 4.79 Å². The first kappa shape index (κ1) is 61.2. The molecule has 0 saturated carbocycles. The van der Waals surface area contributed by atoms with E-state index in [0.717, 1.165) is 38.5 Å². The number of nitrogens with one attached hydrogen (secondary N) is 1. The third kappa shape index (κ3) is 35.3. The monoisotopic (exact) mass is 912 g/mol. The minimum atomic E-state index is -1.55. The summed E-state index contributed by atoms with van der Waals surface area (Å²) in [5.41, 5.74) is 0. The maximum absolute atomic E-state index is 13.0. The van der Waals surface area contributed by atoms with E-state index in [2.05, 4.69) is 19.2 Å². The number of carbonyl (C=O) groups is 1. The molecule has 1 aliphatic rings. The normalized spacial score (nSPS) is 19.9. The molecule has 0 aromatic carbocycles. The smallest absolute Gasteiger partial charge is 0.220 e. The highest BCUT2D eigenvalue weighted by Crippen LogP contribution is 2.23. The van der Waals surface area contributed by atoms with Crippen molar-refractivity contribution in [1.29, 1.82) is 0 Å². The van der Waals surface area contributed by atoms with Crippen LogP contribution in [-0.2, 0) is 14.3 Å². The van der Waals surface area contributed by atoms with Gasteiger partial charge in [-0.2, -0.15) is 0 Å². The van der Waals surface area contributed by atoms with Gasteiger partial charge >= 0.3 is 0 Å². The summed E-state index contributed by atoms with van der Waals surface area (Å²) < 4.78 is 11.3. The van der Waals surface area contributed by atoms with Crippen molar-refractivity contribution < 1.29 is 39.8 Å². The van der Waals surface area contributed by atoms with E-state index in [4.69, 9.17) is 9.47 Å². The van der Waals surface area contributed by atoms with Gasteiger partial charge in [0.1, 0.15) is 24.4 Å². The summed E-state index contributed by atoms with van der Waals surface area (Å²) >= 11 is 0. The predicted molar refractivity (Wildman–Crippen MR) is 268 cm³/mol. The molecule has 1 fully saturated rings. The van der Waals surface area contributed by atoms with Crippen LogP contribution in [0.4, 0.5) is 0 Å². The van der Waals surface area contributed by atoms with Crippen LogP contribution in [0.15, 0.2) is 0 Å². The SMILES string of the molecule is CCCCCCCCCCCCCCCCCCCCCCCCCCC(O)C(COC1OC(CO)C(O)C(O)C1O)NC(=O)CCCCCCCCCCCCCCCCCCC. The lowest BCUT2D eigenvalue weighted by atomic mass is 9.99. The van der Waals surface area contributed by atoms with E-state index in [9.17, 15) is 30.3 Å². The van der Waals surface area contributed by atoms with Crippen LogP contribution in [0.25, 0.3) is 0 Å². The zero-order chi connectivity index (χ0) is 46.6. The summed E-state index contributed by atoms with van der Waals surface area (Å²) in [5, 5.41) is 54.6. The van der Waals surface area contributed by atoms with Gasteiger partial charge in [0.25, 0.3) is 0 Å². The van der Waals surface area contributed by atoms with Gasteiger partial charge in [-0.05, 0) is 12.8 Å². The maximum Gasteiger partial charge on any atom is 0.220 e. The Labute approximate surface area is 395 Å². The number of rotatable bonds is 49. The summed E-state index contributed by atoms with van der Waals surface area (Å²) in [6, 6.07) is -0.713.